The van der Waals surface area contributed by atoms with Crippen LogP contribution in [0.25, 0.3) is 0 Å². The number of methoxy groups -OCH3 is 3. The second-order valence-electron chi connectivity index (χ2n) is 5.19. The molecule has 1 heterocycles. The van der Waals surface area contributed by atoms with Crippen LogP contribution in [-0.4, -0.2) is 36.5 Å². The van der Waals surface area contributed by atoms with Crippen molar-refractivity contribution in [3.05, 3.63) is 48.7 Å². The van der Waals surface area contributed by atoms with Crippen LogP contribution in [0.2, 0.25) is 0 Å². The van der Waals surface area contributed by atoms with Gasteiger partial charge >= 0.3 is 0 Å². The SMILES string of the molecule is COc1ccccc1Nc1cnnc(Nc2ccc(OC)c(OC)c2)n1. The van der Waals surface area contributed by atoms with E-state index in [4.69, 9.17) is 14.2 Å². The molecule has 3 rings (SSSR count). The number of anilines is 4. The first-order valence-corrected chi connectivity index (χ1v) is 7.82. The van der Waals surface area contributed by atoms with E-state index in [1.54, 1.807) is 33.5 Å². The number of hydrogen-bond donors (Lipinski definition) is 2. The zero-order valence-electron chi connectivity index (χ0n) is 14.7. The lowest BCUT2D eigenvalue weighted by molar-refractivity contribution is 0.355. The third kappa shape index (κ3) is 3.92. The van der Waals surface area contributed by atoms with Crippen LogP contribution >= 0.6 is 0 Å². The zero-order valence-corrected chi connectivity index (χ0v) is 14.7. The van der Waals surface area contributed by atoms with Gasteiger partial charge in [0.2, 0.25) is 5.95 Å². The first kappa shape index (κ1) is 17.3. The van der Waals surface area contributed by atoms with Crippen molar-refractivity contribution in [1.82, 2.24) is 15.2 Å². The number of ether oxygens (including phenoxy) is 3. The highest BCUT2D eigenvalue weighted by Crippen LogP contribution is 2.31. The molecule has 26 heavy (non-hydrogen) atoms. The average molecular weight is 353 g/mol. The van der Waals surface area contributed by atoms with Gasteiger partial charge in [-0.25, -0.2) is 0 Å². The van der Waals surface area contributed by atoms with Crippen molar-refractivity contribution in [2.24, 2.45) is 0 Å². The maximum Gasteiger partial charge on any atom is 0.249 e. The van der Waals surface area contributed by atoms with Crippen molar-refractivity contribution in [2.45, 2.75) is 0 Å². The fraction of sp³-hybridized carbons (Fsp3) is 0.167. The van der Waals surface area contributed by atoms with Crippen LogP contribution < -0.4 is 24.8 Å². The molecule has 2 aromatic carbocycles. The van der Waals surface area contributed by atoms with E-state index >= 15 is 0 Å². The Morgan fingerprint density at radius 3 is 2.35 bits per heavy atom. The Labute approximate surface area is 151 Å². The van der Waals surface area contributed by atoms with Crippen molar-refractivity contribution >= 4 is 23.1 Å². The summed E-state index contributed by atoms with van der Waals surface area (Å²) in [5, 5.41) is 14.2. The Bertz CT molecular complexity index is 888. The topological polar surface area (TPSA) is 90.4 Å². The Kier molecular flexibility index (Phi) is 5.33. The molecule has 8 heteroatoms. The molecule has 0 spiro atoms. The van der Waals surface area contributed by atoms with Crippen molar-refractivity contribution in [3.63, 3.8) is 0 Å². The minimum absolute atomic E-state index is 0.345. The van der Waals surface area contributed by atoms with E-state index in [2.05, 4.69) is 25.8 Å². The first-order chi connectivity index (χ1) is 12.7. The summed E-state index contributed by atoms with van der Waals surface area (Å²) in [7, 11) is 4.78. The fourth-order valence-corrected chi connectivity index (χ4v) is 2.35. The van der Waals surface area contributed by atoms with Gasteiger partial charge in [0.25, 0.3) is 0 Å². The van der Waals surface area contributed by atoms with E-state index < -0.39 is 0 Å². The molecule has 0 aliphatic carbocycles. The lowest BCUT2D eigenvalue weighted by Gasteiger charge is -2.12. The molecule has 0 atom stereocenters. The number of para-hydroxylation sites is 2. The van der Waals surface area contributed by atoms with Crippen LogP contribution in [0.4, 0.5) is 23.1 Å². The molecule has 8 nitrogen and oxygen atoms in total. The number of nitrogens with one attached hydrogen (secondary N) is 2. The van der Waals surface area contributed by atoms with E-state index in [9.17, 15) is 0 Å². The summed E-state index contributed by atoms with van der Waals surface area (Å²) < 4.78 is 15.8. The smallest absolute Gasteiger partial charge is 0.249 e. The molecule has 0 aliphatic heterocycles. The molecule has 0 fully saturated rings. The Morgan fingerprint density at radius 1 is 0.808 bits per heavy atom. The van der Waals surface area contributed by atoms with Crippen LogP contribution in [0.1, 0.15) is 0 Å². The van der Waals surface area contributed by atoms with Gasteiger partial charge in [0.05, 0.1) is 33.2 Å². The molecule has 1 aromatic heterocycles. The van der Waals surface area contributed by atoms with Gasteiger partial charge in [0.15, 0.2) is 17.3 Å². The van der Waals surface area contributed by atoms with Gasteiger partial charge in [0, 0.05) is 11.8 Å². The molecule has 0 bridgehead atoms. The highest BCUT2D eigenvalue weighted by Gasteiger charge is 2.08. The minimum atomic E-state index is 0.345. The summed E-state index contributed by atoms with van der Waals surface area (Å²) in [6, 6.07) is 13.0. The molecular formula is C18H19N5O3. The third-order valence-electron chi connectivity index (χ3n) is 3.57. The predicted molar refractivity (Wildman–Crippen MR) is 98.9 cm³/mol. The maximum atomic E-state index is 5.32. The van der Waals surface area contributed by atoms with Crippen LogP contribution in [-0.2, 0) is 0 Å². The summed E-state index contributed by atoms with van der Waals surface area (Å²) >= 11 is 0. The van der Waals surface area contributed by atoms with Crippen molar-refractivity contribution < 1.29 is 14.2 Å². The summed E-state index contributed by atoms with van der Waals surface area (Å²) in [5.41, 5.74) is 1.53. The van der Waals surface area contributed by atoms with Crippen molar-refractivity contribution in [2.75, 3.05) is 32.0 Å². The van der Waals surface area contributed by atoms with Gasteiger partial charge in [-0.1, -0.05) is 12.1 Å². The highest BCUT2D eigenvalue weighted by atomic mass is 16.5. The second-order valence-corrected chi connectivity index (χ2v) is 5.19. The molecule has 3 aromatic rings. The predicted octanol–water partition coefficient (Wildman–Crippen LogP) is 3.38. The highest BCUT2D eigenvalue weighted by molar-refractivity contribution is 5.65. The molecule has 0 saturated heterocycles. The number of rotatable bonds is 7. The van der Waals surface area contributed by atoms with E-state index in [0.29, 0.717) is 29.0 Å². The summed E-state index contributed by atoms with van der Waals surface area (Å²) in [6.07, 6.45) is 1.53. The number of aromatic nitrogens is 3. The van der Waals surface area contributed by atoms with Gasteiger partial charge in [-0.2, -0.15) is 10.1 Å². The first-order valence-electron chi connectivity index (χ1n) is 7.82. The molecule has 0 saturated carbocycles. The number of hydrogen-bond acceptors (Lipinski definition) is 8. The van der Waals surface area contributed by atoms with Gasteiger partial charge in [-0.05, 0) is 24.3 Å². The van der Waals surface area contributed by atoms with Crippen molar-refractivity contribution in [1.29, 1.82) is 0 Å². The molecular weight excluding hydrogens is 334 g/mol. The fourth-order valence-electron chi connectivity index (χ4n) is 2.35. The largest absolute Gasteiger partial charge is 0.495 e. The average Bonchev–Trinajstić information content (AvgIpc) is 2.68. The van der Waals surface area contributed by atoms with Gasteiger partial charge in [0.1, 0.15) is 5.75 Å². The molecule has 0 radical (unpaired) electrons. The van der Waals surface area contributed by atoms with Crippen LogP contribution in [0, 0.1) is 0 Å². The molecule has 0 amide bonds. The summed E-state index contributed by atoms with van der Waals surface area (Å²) in [4.78, 5) is 4.41. The Balaban J connectivity index is 1.79. The van der Waals surface area contributed by atoms with Gasteiger partial charge in [-0.3, -0.25) is 0 Å². The normalized spacial score (nSPS) is 10.1. The number of benzene rings is 2. The zero-order chi connectivity index (χ0) is 18.4. The summed E-state index contributed by atoms with van der Waals surface area (Å²) in [6.45, 7) is 0. The van der Waals surface area contributed by atoms with Crippen LogP contribution in [0.15, 0.2) is 48.7 Å². The van der Waals surface area contributed by atoms with Crippen molar-refractivity contribution in [3.8, 4) is 17.2 Å². The van der Waals surface area contributed by atoms with Gasteiger partial charge in [-0.15, -0.1) is 5.10 Å². The monoisotopic (exact) mass is 353 g/mol. The van der Waals surface area contributed by atoms with Crippen LogP contribution in [0.3, 0.4) is 0 Å². The van der Waals surface area contributed by atoms with Gasteiger partial charge < -0.3 is 24.8 Å². The second kappa shape index (κ2) is 8.02. The van der Waals surface area contributed by atoms with Crippen LogP contribution in [0.5, 0.6) is 17.2 Å². The summed E-state index contributed by atoms with van der Waals surface area (Å²) in [5.74, 6) is 2.84. The maximum absolute atomic E-state index is 5.32. The quantitative estimate of drug-likeness (QED) is 0.668. The standard InChI is InChI=1S/C18H19N5O3/c1-24-14-7-5-4-6-13(14)21-17-11-19-23-18(22-17)20-12-8-9-15(25-2)16(10-12)26-3/h4-11H,1-3H3,(H2,20,21,22,23). The number of nitrogens with zero attached hydrogens (tertiary/aromatic N) is 3. The molecule has 134 valence electrons. The molecule has 2 N–H and O–H groups in total. The third-order valence-corrected chi connectivity index (χ3v) is 3.57. The lowest BCUT2D eigenvalue weighted by Crippen LogP contribution is -2.03. The Hall–Kier alpha value is -3.55. The lowest BCUT2D eigenvalue weighted by atomic mass is 10.3. The molecule has 0 aliphatic rings. The Morgan fingerprint density at radius 2 is 1.58 bits per heavy atom. The van der Waals surface area contributed by atoms with E-state index in [-0.39, 0.29) is 0 Å². The van der Waals surface area contributed by atoms with E-state index in [0.717, 1.165) is 11.4 Å². The van der Waals surface area contributed by atoms with E-state index in [1.807, 2.05) is 30.3 Å². The molecule has 0 unspecified atom stereocenters. The van der Waals surface area contributed by atoms with E-state index in [1.165, 1.54) is 6.20 Å². The minimum Gasteiger partial charge on any atom is -0.495 e.